The van der Waals surface area contributed by atoms with Crippen molar-refractivity contribution in [3.8, 4) is 0 Å². The monoisotopic (exact) mass is 375 g/mol. The molecule has 1 unspecified atom stereocenters. The van der Waals surface area contributed by atoms with Crippen LogP contribution < -0.4 is 5.73 Å². The Morgan fingerprint density at radius 2 is 2.11 bits per heavy atom. The van der Waals surface area contributed by atoms with E-state index in [-0.39, 0.29) is 6.04 Å². The number of hydrogen-bond acceptors (Lipinski definition) is 6. The first-order chi connectivity index (χ1) is 9.08. The third kappa shape index (κ3) is 4.46. The van der Waals surface area contributed by atoms with Gasteiger partial charge in [0.1, 0.15) is 0 Å². The molecule has 0 bridgehead atoms. The van der Waals surface area contributed by atoms with E-state index in [1.807, 2.05) is 13.2 Å². The number of rotatable bonds is 5. The van der Waals surface area contributed by atoms with Gasteiger partial charge < -0.3 is 5.73 Å². The molecule has 7 heteroatoms. The molecule has 0 amide bonds. The number of hydrogen-bond donors (Lipinski definition) is 1. The van der Waals surface area contributed by atoms with Crippen molar-refractivity contribution in [2.45, 2.75) is 33.0 Å². The summed E-state index contributed by atoms with van der Waals surface area (Å²) in [4.78, 5) is 1.19. The van der Waals surface area contributed by atoms with Gasteiger partial charge in [0, 0.05) is 15.4 Å². The zero-order valence-electron chi connectivity index (χ0n) is 10.6. The molecule has 0 saturated heterocycles. The van der Waals surface area contributed by atoms with Gasteiger partial charge in [-0.05, 0) is 37.3 Å². The molecule has 0 radical (unpaired) electrons. The van der Waals surface area contributed by atoms with Crippen molar-refractivity contribution >= 4 is 50.8 Å². The SMILES string of the molecule is CSc1nnc(Sc2cc(Br)ccc2CC(C)N)s1. The van der Waals surface area contributed by atoms with Crippen LogP contribution in [0.5, 0.6) is 0 Å². The molecule has 19 heavy (non-hydrogen) atoms. The fourth-order valence-corrected chi connectivity index (χ4v) is 4.64. The summed E-state index contributed by atoms with van der Waals surface area (Å²) in [5.74, 6) is 0. The number of halogens is 1. The first-order valence-corrected chi connectivity index (χ1v) is 9.33. The second-order valence-corrected chi connectivity index (χ2v) is 8.31. The van der Waals surface area contributed by atoms with Crippen LogP contribution in [0, 0.1) is 0 Å². The summed E-state index contributed by atoms with van der Waals surface area (Å²) in [6.07, 6.45) is 2.87. The highest BCUT2D eigenvalue weighted by atomic mass is 79.9. The Kier molecular flexibility index (Phi) is 5.70. The summed E-state index contributed by atoms with van der Waals surface area (Å²) >= 11 is 8.40. The summed E-state index contributed by atoms with van der Waals surface area (Å²) in [5.41, 5.74) is 7.15. The Balaban J connectivity index is 2.24. The summed E-state index contributed by atoms with van der Waals surface area (Å²) < 4.78 is 3.03. The molecular weight excluding hydrogens is 362 g/mol. The van der Waals surface area contributed by atoms with Gasteiger partial charge in [-0.15, -0.1) is 10.2 Å². The second kappa shape index (κ2) is 7.08. The third-order valence-corrected chi connectivity index (χ3v) is 5.87. The summed E-state index contributed by atoms with van der Waals surface area (Å²) in [6.45, 7) is 2.02. The van der Waals surface area contributed by atoms with Crippen LogP contribution in [-0.4, -0.2) is 22.5 Å². The molecule has 1 atom stereocenters. The molecule has 2 aromatic rings. The lowest BCUT2D eigenvalue weighted by Crippen LogP contribution is -2.18. The minimum Gasteiger partial charge on any atom is -0.328 e. The van der Waals surface area contributed by atoms with Crippen LogP contribution >= 0.6 is 50.8 Å². The van der Waals surface area contributed by atoms with Crippen LogP contribution in [0.2, 0.25) is 0 Å². The fourth-order valence-electron chi connectivity index (χ4n) is 1.55. The lowest BCUT2D eigenvalue weighted by atomic mass is 10.1. The molecule has 0 fully saturated rings. The summed E-state index contributed by atoms with van der Waals surface area (Å²) in [7, 11) is 0. The molecule has 0 aliphatic rings. The van der Waals surface area contributed by atoms with Crippen molar-refractivity contribution in [1.29, 1.82) is 0 Å². The maximum atomic E-state index is 5.90. The molecule has 1 aromatic heterocycles. The maximum absolute atomic E-state index is 5.90. The summed E-state index contributed by atoms with van der Waals surface area (Å²) in [5, 5.41) is 8.31. The van der Waals surface area contributed by atoms with Gasteiger partial charge in [0.15, 0.2) is 8.68 Å². The number of nitrogens with two attached hydrogens (primary N) is 1. The lowest BCUT2D eigenvalue weighted by molar-refractivity contribution is 0.729. The Morgan fingerprint density at radius 3 is 2.74 bits per heavy atom. The molecule has 2 rings (SSSR count). The minimum absolute atomic E-state index is 0.150. The van der Waals surface area contributed by atoms with Crippen LogP contribution in [0.25, 0.3) is 0 Å². The van der Waals surface area contributed by atoms with Gasteiger partial charge in [-0.1, -0.05) is 56.9 Å². The maximum Gasteiger partial charge on any atom is 0.179 e. The van der Waals surface area contributed by atoms with Crippen molar-refractivity contribution in [3.63, 3.8) is 0 Å². The van der Waals surface area contributed by atoms with E-state index < -0.39 is 0 Å². The molecule has 1 aromatic carbocycles. The Labute approximate surface area is 133 Å². The normalized spacial score (nSPS) is 12.6. The van der Waals surface area contributed by atoms with E-state index in [9.17, 15) is 0 Å². The molecule has 0 spiro atoms. The Bertz CT molecular complexity index is 557. The van der Waals surface area contributed by atoms with Crippen LogP contribution in [0.1, 0.15) is 12.5 Å². The van der Waals surface area contributed by atoms with E-state index in [1.54, 1.807) is 34.9 Å². The molecular formula is C12H14BrN3S3. The average Bonchev–Trinajstić information content (AvgIpc) is 2.80. The third-order valence-electron chi connectivity index (χ3n) is 2.33. The van der Waals surface area contributed by atoms with Crippen LogP contribution in [0.15, 0.2) is 36.2 Å². The molecule has 3 nitrogen and oxygen atoms in total. The predicted molar refractivity (Wildman–Crippen MR) is 87.3 cm³/mol. The van der Waals surface area contributed by atoms with Crippen LogP contribution in [0.4, 0.5) is 0 Å². The van der Waals surface area contributed by atoms with Gasteiger partial charge in [0.05, 0.1) is 0 Å². The van der Waals surface area contributed by atoms with Crippen molar-refractivity contribution in [2.24, 2.45) is 5.73 Å². The molecule has 0 aliphatic heterocycles. The molecule has 0 saturated carbocycles. The second-order valence-electron chi connectivity index (χ2n) is 4.07. The highest BCUT2D eigenvalue weighted by Gasteiger charge is 2.11. The number of thioether (sulfide) groups is 1. The van der Waals surface area contributed by atoms with E-state index in [0.29, 0.717) is 0 Å². The van der Waals surface area contributed by atoms with E-state index in [2.05, 4.69) is 44.3 Å². The average molecular weight is 376 g/mol. The van der Waals surface area contributed by atoms with Crippen LogP contribution in [0.3, 0.4) is 0 Å². The van der Waals surface area contributed by atoms with Crippen LogP contribution in [-0.2, 0) is 6.42 Å². The summed E-state index contributed by atoms with van der Waals surface area (Å²) in [6, 6.07) is 6.43. The van der Waals surface area contributed by atoms with Gasteiger partial charge in [-0.25, -0.2) is 0 Å². The number of benzene rings is 1. The van der Waals surface area contributed by atoms with Gasteiger partial charge in [0.2, 0.25) is 0 Å². The van der Waals surface area contributed by atoms with Crippen molar-refractivity contribution in [2.75, 3.05) is 6.26 Å². The number of aromatic nitrogens is 2. The van der Waals surface area contributed by atoms with Gasteiger partial charge in [-0.3, -0.25) is 0 Å². The molecule has 0 aliphatic carbocycles. The fraction of sp³-hybridized carbons (Fsp3) is 0.333. The van der Waals surface area contributed by atoms with E-state index in [1.165, 1.54) is 10.5 Å². The minimum atomic E-state index is 0.150. The molecule has 102 valence electrons. The first-order valence-electron chi connectivity index (χ1n) is 5.68. The largest absolute Gasteiger partial charge is 0.328 e. The predicted octanol–water partition coefficient (Wildman–Crippen LogP) is 4.06. The zero-order chi connectivity index (χ0) is 13.8. The smallest absolute Gasteiger partial charge is 0.179 e. The van der Waals surface area contributed by atoms with E-state index >= 15 is 0 Å². The Hall–Kier alpha value is -0.0800. The van der Waals surface area contributed by atoms with Crippen molar-refractivity contribution in [1.82, 2.24) is 10.2 Å². The highest BCUT2D eigenvalue weighted by Crippen LogP contribution is 2.36. The van der Waals surface area contributed by atoms with Crippen molar-refractivity contribution < 1.29 is 0 Å². The highest BCUT2D eigenvalue weighted by molar-refractivity contribution is 9.10. The van der Waals surface area contributed by atoms with Gasteiger partial charge in [-0.2, -0.15) is 0 Å². The standard InChI is InChI=1S/C12H14BrN3S3/c1-7(14)5-8-3-4-9(13)6-10(8)18-12-16-15-11(17-2)19-12/h3-4,6-7H,5,14H2,1-2H3. The number of nitrogens with zero attached hydrogens (tertiary/aromatic N) is 2. The van der Waals surface area contributed by atoms with E-state index in [4.69, 9.17) is 5.73 Å². The Morgan fingerprint density at radius 1 is 1.37 bits per heavy atom. The topological polar surface area (TPSA) is 51.8 Å². The van der Waals surface area contributed by atoms with Gasteiger partial charge in [0.25, 0.3) is 0 Å². The molecule has 1 heterocycles. The zero-order valence-corrected chi connectivity index (χ0v) is 14.6. The molecule has 2 N–H and O–H groups in total. The first kappa shape index (κ1) is 15.3. The van der Waals surface area contributed by atoms with E-state index in [0.717, 1.165) is 19.6 Å². The van der Waals surface area contributed by atoms with Gasteiger partial charge >= 0.3 is 0 Å². The quantitative estimate of drug-likeness (QED) is 0.798. The lowest BCUT2D eigenvalue weighted by Gasteiger charge is -2.10. The van der Waals surface area contributed by atoms with Crippen molar-refractivity contribution in [3.05, 3.63) is 28.2 Å².